The maximum absolute atomic E-state index is 12.2. The van der Waals surface area contributed by atoms with E-state index in [1.807, 2.05) is 0 Å². The van der Waals surface area contributed by atoms with E-state index in [1.54, 1.807) is 18.2 Å². The zero-order valence-electron chi connectivity index (χ0n) is 19.4. The maximum Gasteiger partial charge on any atom is 0.244 e. The van der Waals surface area contributed by atoms with Crippen molar-refractivity contribution in [2.24, 2.45) is 0 Å². The Morgan fingerprint density at radius 3 is 2.55 bits per heavy atom. The summed E-state index contributed by atoms with van der Waals surface area (Å²) in [4.78, 5) is 17.0. The number of benzene rings is 2. The summed E-state index contributed by atoms with van der Waals surface area (Å²) in [5.74, 6) is 0.0238. The molecule has 2 N–H and O–H groups in total. The summed E-state index contributed by atoms with van der Waals surface area (Å²) in [6.45, 7) is 7.28. The summed E-state index contributed by atoms with van der Waals surface area (Å²) in [6.07, 6.45) is 3.00. The molecule has 0 aromatic heterocycles. The van der Waals surface area contributed by atoms with Crippen LogP contribution in [0.4, 0.5) is 5.69 Å². The number of anilines is 1. The monoisotopic (exact) mass is 472 g/mol. The first-order valence-electron chi connectivity index (χ1n) is 10.9. The molecule has 1 aliphatic rings. The lowest BCUT2D eigenvalue weighted by molar-refractivity contribution is -0.116. The molecule has 178 valence electrons. The Kier molecular flexibility index (Phi) is 8.49. The largest absolute Gasteiger partial charge is 0.495 e. The quantitative estimate of drug-likeness (QED) is 0.542. The SMILES string of the molecule is CNS(=O)(=O)c1cc(C=CC(=O)NCCN2CCN(c3cccc(C)c3)CC2)ccc1OC. The van der Waals surface area contributed by atoms with Gasteiger partial charge in [-0.3, -0.25) is 9.69 Å². The molecule has 1 heterocycles. The van der Waals surface area contributed by atoms with Gasteiger partial charge in [0.2, 0.25) is 15.9 Å². The lowest BCUT2D eigenvalue weighted by Crippen LogP contribution is -2.48. The first-order chi connectivity index (χ1) is 15.8. The van der Waals surface area contributed by atoms with E-state index in [0.717, 1.165) is 32.7 Å². The molecule has 1 fully saturated rings. The smallest absolute Gasteiger partial charge is 0.244 e. The van der Waals surface area contributed by atoms with Crippen molar-refractivity contribution in [3.63, 3.8) is 0 Å². The second-order valence-electron chi connectivity index (χ2n) is 7.91. The molecule has 33 heavy (non-hydrogen) atoms. The number of amides is 1. The molecular weight excluding hydrogens is 440 g/mol. The predicted octanol–water partition coefficient (Wildman–Crippen LogP) is 1.86. The summed E-state index contributed by atoms with van der Waals surface area (Å²) < 4.78 is 31.8. The van der Waals surface area contributed by atoms with E-state index < -0.39 is 10.0 Å². The Hall–Kier alpha value is -2.88. The van der Waals surface area contributed by atoms with Crippen LogP contribution in [0.15, 0.2) is 53.4 Å². The van der Waals surface area contributed by atoms with Crippen LogP contribution in [0.5, 0.6) is 5.75 Å². The second-order valence-corrected chi connectivity index (χ2v) is 9.76. The number of carbonyl (C=O) groups excluding carboxylic acids is 1. The van der Waals surface area contributed by atoms with Gasteiger partial charge >= 0.3 is 0 Å². The van der Waals surface area contributed by atoms with E-state index in [0.29, 0.717) is 12.1 Å². The first kappa shape index (κ1) is 24.8. The van der Waals surface area contributed by atoms with Gasteiger partial charge in [-0.05, 0) is 55.4 Å². The minimum Gasteiger partial charge on any atom is -0.495 e. The molecule has 0 bridgehead atoms. The highest BCUT2D eigenvalue weighted by molar-refractivity contribution is 7.89. The van der Waals surface area contributed by atoms with Crippen molar-refractivity contribution in [2.75, 3.05) is 58.3 Å². The molecule has 3 rings (SSSR count). The van der Waals surface area contributed by atoms with Crippen LogP contribution in [0.1, 0.15) is 11.1 Å². The molecule has 1 aliphatic heterocycles. The number of methoxy groups -OCH3 is 1. The number of hydrogen-bond acceptors (Lipinski definition) is 6. The van der Waals surface area contributed by atoms with Gasteiger partial charge in [0.1, 0.15) is 10.6 Å². The normalized spacial score (nSPS) is 15.1. The van der Waals surface area contributed by atoms with Crippen LogP contribution in [-0.2, 0) is 14.8 Å². The zero-order valence-corrected chi connectivity index (χ0v) is 20.2. The Morgan fingerprint density at radius 2 is 1.88 bits per heavy atom. The third-order valence-electron chi connectivity index (χ3n) is 5.64. The molecule has 0 atom stereocenters. The molecule has 0 spiro atoms. The third-order valence-corrected chi connectivity index (χ3v) is 7.07. The van der Waals surface area contributed by atoms with Gasteiger partial charge in [0, 0.05) is 51.0 Å². The van der Waals surface area contributed by atoms with Gasteiger partial charge in [-0.25, -0.2) is 13.1 Å². The highest BCUT2D eigenvalue weighted by Gasteiger charge is 2.18. The molecule has 0 aliphatic carbocycles. The van der Waals surface area contributed by atoms with Crippen molar-refractivity contribution in [1.29, 1.82) is 0 Å². The second kappa shape index (κ2) is 11.3. The number of ether oxygens (including phenoxy) is 1. The number of rotatable bonds is 9. The van der Waals surface area contributed by atoms with E-state index >= 15 is 0 Å². The molecule has 1 saturated heterocycles. The Bertz CT molecular complexity index is 1090. The van der Waals surface area contributed by atoms with E-state index in [9.17, 15) is 13.2 Å². The van der Waals surface area contributed by atoms with E-state index in [2.05, 4.69) is 51.0 Å². The lowest BCUT2D eigenvalue weighted by Gasteiger charge is -2.36. The number of aryl methyl sites for hydroxylation is 1. The van der Waals surface area contributed by atoms with Crippen LogP contribution in [0.3, 0.4) is 0 Å². The summed E-state index contributed by atoms with van der Waals surface area (Å²) in [7, 11) is -0.918. The Morgan fingerprint density at radius 1 is 1.12 bits per heavy atom. The van der Waals surface area contributed by atoms with Gasteiger partial charge in [0.25, 0.3) is 0 Å². The van der Waals surface area contributed by atoms with Gasteiger partial charge in [0.15, 0.2) is 0 Å². The van der Waals surface area contributed by atoms with Crippen LogP contribution in [0, 0.1) is 6.92 Å². The summed E-state index contributed by atoms with van der Waals surface area (Å²) >= 11 is 0. The van der Waals surface area contributed by atoms with E-state index in [1.165, 1.54) is 37.6 Å². The molecule has 0 saturated carbocycles. The van der Waals surface area contributed by atoms with Crippen LogP contribution >= 0.6 is 0 Å². The van der Waals surface area contributed by atoms with Gasteiger partial charge in [-0.15, -0.1) is 0 Å². The minimum absolute atomic E-state index is 0.0277. The number of carbonyl (C=O) groups is 1. The lowest BCUT2D eigenvalue weighted by atomic mass is 10.2. The molecule has 2 aromatic rings. The molecule has 1 amide bonds. The van der Waals surface area contributed by atoms with Crippen molar-refractivity contribution < 1.29 is 17.9 Å². The third kappa shape index (κ3) is 6.80. The van der Waals surface area contributed by atoms with Crippen molar-refractivity contribution in [1.82, 2.24) is 14.9 Å². The van der Waals surface area contributed by atoms with Crippen LogP contribution in [-0.4, -0.2) is 72.7 Å². The van der Waals surface area contributed by atoms with Crippen LogP contribution in [0.25, 0.3) is 6.08 Å². The molecule has 0 radical (unpaired) electrons. The number of nitrogens with one attached hydrogen (secondary N) is 2. The maximum atomic E-state index is 12.2. The number of sulfonamides is 1. The van der Waals surface area contributed by atoms with Gasteiger partial charge in [-0.2, -0.15) is 0 Å². The molecular formula is C24H32N4O4S. The summed E-state index contributed by atoms with van der Waals surface area (Å²) in [5.41, 5.74) is 3.12. The zero-order chi connectivity index (χ0) is 23.8. The fourth-order valence-electron chi connectivity index (χ4n) is 3.74. The van der Waals surface area contributed by atoms with E-state index in [4.69, 9.17) is 4.74 Å². The average molecular weight is 473 g/mol. The average Bonchev–Trinajstić information content (AvgIpc) is 2.83. The fourth-order valence-corrected chi connectivity index (χ4v) is 4.67. The van der Waals surface area contributed by atoms with Crippen molar-refractivity contribution in [3.8, 4) is 5.75 Å². The van der Waals surface area contributed by atoms with E-state index in [-0.39, 0.29) is 16.6 Å². The van der Waals surface area contributed by atoms with Gasteiger partial charge < -0.3 is 15.0 Å². The van der Waals surface area contributed by atoms with Crippen molar-refractivity contribution in [2.45, 2.75) is 11.8 Å². The molecule has 8 nitrogen and oxygen atoms in total. The standard InChI is InChI=1S/C24H32N4O4S/c1-19-5-4-6-21(17-19)28-15-13-27(14-16-28)12-11-26-24(29)10-8-20-7-9-22(32-3)23(18-20)33(30,31)25-2/h4-10,17-18,25H,11-16H2,1-3H3,(H,26,29). The van der Waals surface area contributed by atoms with Crippen LogP contribution < -0.4 is 19.7 Å². The number of nitrogens with zero attached hydrogens (tertiary/aromatic N) is 2. The fraction of sp³-hybridized carbons (Fsp3) is 0.375. The highest BCUT2D eigenvalue weighted by Crippen LogP contribution is 2.25. The predicted molar refractivity (Wildman–Crippen MR) is 131 cm³/mol. The van der Waals surface area contributed by atoms with Gasteiger partial charge in [-0.1, -0.05) is 18.2 Å². The van der Waals surface area contributed by atoms with Crippen molar-refractivity contribution >= 4 is 27.7 Å². The van der Waals surface area contributed by atoms with Crippen molar-refractivity contribution in [3.05, 3.63) is 59.7 Å². The highest BCUT2D eigenvalue weighted by atomic mass is 32.2. The minimum atomic E-state index is -3.67. The Balaban J connectivity index is 1.46. The molecule has 9 heteroatoms. The first-order valence-corrected chi connectivity index (χ1v) is 12.4. The number of hydrogen-bond donors (Lipinski definition) is 2. The molecule has 2 aromatic carbocycles. The number of piperazine rings is 1. The van der Waals surface area contributed by atoms with Crippen LogP contribution in [0.2, 0.25) is 0 Å². The Labute approximate surface area is 196 Å². The summed E-state index contributed by atoms with van der Waals surface area (Å²) in [6, 6.07) is 13.3. The summed E-state index contributed by atoms with van der Waals surface area (Å²) in [5, 5.41) is 2.89. The topological polar surface area (TPSA) is 91.0 Å². The van der Waals surface area contributed by atoms with Gasteiger partial charge in [0.05, 0.1) is 7.11 Å². The molecule has 0 unspecified atom stereocenters.